The fourth-order valence-corrected chi connectivity index (χ4v) is 2.96. The molecule has 4 heteroatoms. The first-order chi connectivity index (χ1) is 6.08. The monoisotopic (exact) mass is 281 g/mol. The second-order valence-corrected chi connectivity index (χ2v) is 5.87. The van der Waals surface area contributed by atoms with Crippen molar-refractivity contribution in [1.29, 1.82) is 0 Å². The summed E-state index contributed by atoms with van der Waals surface area (Å²) in [6.07, 6.45) is 0. The first kappa shape index (κ1) is 11.5. The summed E-state index contributed by atoms with van der Waals surface area (Å²) in [4.78, 5) is 3.60. The van der Waals surface area contributed by atoms with Gasteiger partial charge in [0.15, 0.2) is 0 Å². The highest BCUT2D eigenvalue weighted by atomic mass is 79.9. The molecule has 0 N–H and O–H groups in total. The van der Waals surface area contributed by atoms with E-state index in [1.807, 2.05) is 6.92 Å². The third kappa shape index (κ3) is 4.45. The Labute approximate surface area is 96.8 Å². The summed E-state index contributed by atoms with van der Waals surface area (Å²) in [5, 5.41) is 2.32. The second kappa shape index (κ2) is 5.35. The van der Waals surface area contributed by atoms with E-state index >= 15 is 0 Å². The summed E-state index contributed by atoms with van der Waals surface area (Å²) >= 11 is 11.1. The molecule has 1 aromatic heterocycles. The minimum atomic E-state index is 0.216. The molecule has 0 aromatic carbocycles. The molecular weight excluding hydrogens is 270 g/mol. The van der Waals surface area contributed by atoms with E-state index in [0.29, 0.717) is 0 Å². The van der Waals surface area contributed by atoms with E-state index in [1.165, 1.54) is 9.35 Å². The lowest BCUT2D eigenvalue weighted by Gasteiger charge is -2.16. The molecule has 13 heavy (non-hydrogen) atoms. The van der Waals surface area contributed by atoms with Crippen LogP contribution < -0.4 is 0 Å². The van der Waals surface area contributed by atoms with Crippen molar-refractivity contribution in [2.45, 2.75) is 18.8 Å². The number of alkyl halides is 1. The molecular formula is C9H13BrClNS. The van der Waals surface area contributed by atoms with Crippen LogP contribution in [-0.4, -0.2) is 23.9 Å². The number of thiophene rings is 1. The normalized spacial score (nSPS) is 13.6. The Bertz CT molecular complexity index is 262. The van der Waals surface area contributed by atoms with Crippen LogP contribution in [0.1, 0.15) is 11.8 Å². The molecule has 1 atom stereocenters. The van der Waals surface area contributed by atoms with Crippen molar-refractivity contribution in [1.82, 2.24) is 4.90 Å². The smallest absolute Gasteiger partial charge is 0.0435 e. The molecule has 0 fully saturated rings. The van der Waals surface area contributed by atoms with E-state index in [0.717, 1.165) is 13.1 Å². The molecule has 0 bridgehead atoms. The van der Waals surface area contributed by atoms with Crippen LogP contribution in [-0.2, 0) is 6.54 Å². The highest BCUT2D eigenvalue weighted by Gasteiger charge is 2.05. The maximum absolute atomic E-state index is 5.90. The van der Waals surface area contributed by atoms with E-state index < -0.39 is 0 Å². The highest BCUT2D eigenvalue weighted by molar-refractivity contribution is 9.10. The first-order valence-electron chi connectivity index (χ1n) is 4.13. The van der Waals surface area contributed by atoms with Crippen LogP contribution in [0, 0.1) is 0 Å². The molecule has 1 nitrogen and oxygen atoms in total. The van der Waals surface area contributed by atoms with Crippen LogP contribution in [0.2, 0.25) is 0 Å². The van der Waals surface area contributed by atoms with Gasteiger partial charge in [-0.2, -0.15) is 0 Å². The minimum absolute atomic E-state index is 0.216. The zero-order chi connectivity index (χ0) is 9.84. The van der Waals surface area contributed by atoms with Crippen LogP contribution in [0.15, 0.2) is 15.9 Å². The van der Waals surface area contributed by atoms with Crippen LogP contribution in [0.25, 0.3) is 0 Å². The lowest BCUT2D eigenvalue weighted by Crippen LogP contribution is -2.23. The standard InChI is InChI=1S/C9H13BrClNS/c1-7(11)4-12(2)5-9-3-8(10)6-13-9/h3,6-7H,4-5H2,1-2H3. The Hall–Kier alpha value is 0.430. The molecule has 1 heterocycles. The predicted octanol–water partition coefficient (Wildman–Crippen LogP) is 3.57. The average Bonchev–Trinajstić information content (AvgIpc) is 2.33. The van der Waals surface area contributed by atoms with Crippen LogP contribution in [0.5, 0.6) is 0 Å². The third-order valence-corrected chi connectivity index (χ3v) is 3.43. The Morgan fingerprint density at radius 3 is 2.85 bits per heavy atom. The predicted molar refractivity (Wildman–Crippen MR) is 63.7 cm³/mol. The van der Waals surface area contributed by atoms with Gasteiger partial charge in [0, 0.05) is 33.2 Å². The number of hydrogen-bond donors (Lipinski definition) is 0. The van der Waals surface area contributed by atoms with Gasteiger partial charge < -0.3 is 0 Å². The van der Waals surface area contributed by atoms with Gasteiger partial charge in [-0.05, 0) is 36.0 Å². The molecule has 74 valence electrons. The van der Waals surface area contributed by atoms with E-state index in [-0.39, 0.29) is 5.38 Å². The number of rotatable bonds is 4. The topological polar surface area (TPSA) is 3.24 Å². The molecule has 0 saturated carbocycles. The molecule has 0 amide bonds. The molecule has 1 aromatic rings. The van der Waals surface area contributed by atoms with Crippen LogP contribution >= 0.6 is 38.9 Å². The van der Waals surface area contributed by atoms with Gasteiger partial charge in [-0.1, -0.05) is 0 Å². The van der Waals surface area contributed by atoms with Gasteiger partial charge in [-0.3, -0.25) is 4.90 Å². The summed E-state index contributed by atoms with van der Waals surface area (Å²) in [7, 11) is 2.09. The summed E-state index contributed by atoms with van der Waals surface area (Å²) in [5.74, 6) is 0. The molecule has 1 unspecified atom stereocenters. The van der Waals surface area contributed by atoms with Gasteiger partial charge in [-0.25, -0.2) is 0 Å². The van der Waals surface area contributed by atoms with Gasteiger partial charge in [-0.15, -0.1) is 22.9 Å². The van der Waals surface area contributed by atoms with Crippen molar-refractivity contribution in [3.05, 3.63) is 20.8 Å². The highest BCUT2D eigenvalue weighted by Crippen LogP contribution is 2.20. The molecule has 0 aliphatic heterocycles. The van der Waals surface area contributed by atoms with Gasteiger partial charge in [0.25, 0.3) is 0 Å². The largest absolute Gasteiger partial charge is 0.300 e. The van der Waals surface area contributed by atoms with Crippen LogP contribution in [0.3, 0.4) is 0 Å². The Morgan fingerprint density at radius 2 is 2.38 bits per heavy atom. The summed E-state index contributed by atoms with van der Waals surface area (Å²) in [5.41, 5.74) is 0. The summed E-state index contributed by atoms with van der Waals surface area (Å²) in [6.45, 7) is 3.92. The van der Waals surface area contributed by atoms with Crippen molar-refractivity contribution < 1.29 is 0 Å². The fourth-order valence-electron chi connectivity index (χ4n) is 1.20. The molecule has 0 spiro atoms. The first-order valence-corrected chi connectivity index (χ1v) is 6.24. The third-order valence-electron chi connectivity index (χ3n) is 1.61. The number of halogens is 2. The van der Waals surface area contributed by atoms with Crippen LogP contribution in [0.4, 0.5) is 0 Å². The van der Waals surface area contributed by atoms with Crippen molar-refractivity contribution in [3.63, 3.8) is 0 Å². The van der Waals surface area contributed by atoms with E-state index in [9.17, 15) is 0 Å². The van der Waals surface area contributed by atoms with Gasteiger partial charge in [0.2, 0.25) is 0 Å². The van der Waals surface area contributed by atoms with E-state index in [4.69, 9.17) is 11.6 Å². The van der Waals surface area contributed by atoms with Crippen molar-refractivity contribution in [2.75, 3.05) is 13.6 Å². The number of hydrogen-bond acceptors (Lipinski definition) is 2. The van der Waals surface area contributed by atoms with Crippen molar-refractivity contribution in [2.24, 2.45) is 0 Å². The van der Waals surface area contributed by atoms with Gasteiger partial charge in [0.1, 0.15) is 0 Å². The minimum Gasteiger partial charge on any atom is -0.300 e. The molecule has 0 aliphatic rings. The fraction of sp³-hybridized carbons (Fsp3) is 0.556. The molecule has 0 saturated heterocycles. The molecule has 1 rings (SSSR count). The maximum Gasteiger partial charge on any atom is 0.0435 e. The molecule has 0 aliphatic carbocycles. The second-order valence-electron chi connectivity index (χ2n) is 3.21. The summed E-state index contributed by atoms with van der Waals surface area (Å²) in [6, 6.07) is 2.15. The Kier molecular flexibility index (Phi) is 4.73. The maximum atomic E-state index is 5.90. The average molecular weight is 283 g/mol. The lowest BCUT2D eigenvalue weighted by molar-refractivity contribution is 0.333. The van der Waals surface area contributed by atoms with E-state index in [2.05, 4.69) is 39.3 Å². The van der Waals surface area contributed by atoms with Crippen molar-refractivity contribution in [3.8, 4) is 0 Å². The van der Waals surface area contributed by atoms with Gasteiger partial charge >= 0.3 is 0 Å². The summed E-state index contributed by atoms with van der Waals surface area (Å²) < 4.78 is 1.17. The SMILES string of the molecule is CC(Cl)CN(C)Cc1cc(Br)cs1. The lowest BCUT2D eigenvalue weighted by atomic mass is 10.4. The zero-order valence-electron chi connectivity index (χ0n) is 7.76. The quantitative estimate of drug-likeness (QED) is 0.763. The van der Waals surface area contributed by atoms with Gasteiger partial charge in [0.05, 0.1) is 0 Å². The zero-order valence-corrected chi connectivity index (χ0v) is 10.9. The Balaban J connectivity index is 2.40. The Morgan fingerprint density at radius 1 is 1.69 bits per heavy atom. The molecule has 0 radical (unpaired) electrons. The number of nitrogens with zero attached hydrogens (tertiary/aromatic N) is 1. The van der Waals surface area contributed by atoms with Crippen molar-refractivity contribution >= 4 is 38.9 Å². The van der Waals surface area contributed by atoms with E-state index in [1.54, 1.807) is 11.3 Å².